The summed E-state index contributed by atoms with van der Waals surface area (Å²) >= 11 is 1.06. The summed E-state index contributed by atoms with van der Waals surface area (Å²) in [6.45, 7) is -1.12. The molecule has 0 radical (unpaired) electrons. The van der Waals surface area contributed by atoms with Crippen LogP contribution in [0.1, 0.15) is 0 Å². The molecule has 0 bridgehead atoms. The summed E-state index contributed by atoms with van der Waals surface area (Å²) in [5, 5.41) is 16.8. The van der Waals surface area contributed by atoms with Gasteiger partial charge >= 0.3 is 0 Å². The summed E-state index contributed by atoms with van der Waals surface area (Å²) < 4.78 is 24.0. The fourth-order valence-electron chi connectivity index (χ4n) is 0.880. The van der Waals surface area contributed by atoms with Crippen LogP contribution in [0.25, 0.3) is 0 Å². The Kier molecular flexibility index (Phi) is 7.95. The minimum atomic E-state index is -2.61. The highest BCUT2D eigenvalue weighted by Gasteiger charge is 2.17. The molecule has 0 aromatic carbocycles. The number of alkyl halides is 2. The van der Waals surface area contributed by atoms with Crippen molar-refractivity contribution in [2.45, 2.75) is 6.43 Å². The molecule has 0 aliphatic rings. The molecule has 0 aliphatic carbocycles. The van der Waals surface area contributed by atoms with Crippen LogP contribution in [-0.2, 0) is 4.79 Å². The molecule has 0 aromatic heterocycles. The zero-order valence-electron chi connectivity index (χ0n) is 8.03. The molecule has 4 nitrogen and oxygen atoms in total. The first-order chi connectivity index (χ1) is 7.11. The topological polar surface area (TPSA) is 64.3 Å². The Balaban J connectivity index is 3.99. The van der Waals surface area contributed by atoms with E-state index in [1.807, 2.05) is 6.07 Å². The Labute approximate surface area is 90.9 Å². The monoisotopic (exact) mass is 238 g/mol. The number of halogens is 2. The molecule has 0 aromatic rings. The van der Waals surface area contributed by atoms with Crippen LogP contribution < -0.4 is 0 Å². The molecule has 0 fully saturated rings. The third kappa shape index (κ3) is 7.11. The van der Waals surface area contributed by atoms with E-state index in [0.717, 1.165) is 16.7 Å². The van der Waals surface area contributed by atoms with Gasteiger partial charge in [-0.05, 0) is 0 Å². The van der Waals surface area contributed by atoms with Crippen molar-refractivity contribution in [2.24, 2.45) is 0 Å². The van der Waals surface area contributed by atoms with E-state index in [4.69, 9.17) is 10.4 Å². The third-order valence-corrected chi connectivity index (χ3v) is 2.26. The van der Waals surface area contributed by atoms with Crippen LogP contribution in [0.3, 0.4) is 0 Å². The summed E-state index contributed by atoms with van der Waals surface area (Å²) in [6.07, 6.45) is -2.61. The molecule has 1 N–H and O–H groups in total. The SMILES string of the molecule is N#CCSCC(=O)N(CCO)CC(F)F. The van der Waals surface area contributed by atoms with E-state index in [0.29, 0.717) is 0 Å². The van der Waals surface area contributed by atoms with E-state index >= 15 is 0 Å². The van der Waals surface area contributed by atoms with Gasteiger partial charge < -0.3 is 10.0 Å². The predicted octanol–water partition coefficient (Wildman–Crippen LogP) is 0.329. The van der Waals surface area contributed by atoms with Crippen molar-refractivity contribution in [1.29, 1.82) is 5.26 Å². The van der Waals surface area contributed by atoms with E-state index in [1.165, 1.54) is 0 Å². The fourth-order valence-corrected chi connectivity index (χ4v) is 1.43. The second-order valence-corrected chi connectivity index (χ2v) is 3.59. The average molecular weight is 238 g/mol. The van der Waals surface area contributed by atoms with Gasteiger partial charge in [-0.25, -0.2) is 8.78 Å². The number of nitriles is 1. The first-order valence-corrected chi connectivity index (χ1v) is 5.38. The lowest BCUT2D eigenvalue weighted by atomic mass is 10.4. The number of rotatable bonds is 7. The number of thioether (sulfide) groups is 1. The van der Waals surface area contributed by atoms with Gasteiger partial charge in [-0.3, -0.25) is 4.79 Å². The average Bonchev–Trinajstić information content (AvgIpc) is 2.17. The normalized spacial score (nSPS) is 10.1. The van der Waals surface area contributed by atoms with Gasteiger partial charge in [-0.15, -0.1) is 11.8 Å². The first-order valence-electron chi connectivity index (χ1n) is 4.23. The first kappa shape index (κ1) is 14.1. The summed E-state index contributed by atoms with van der Waals surface area (Å²) in [5.41, 5.74) is 0. The van der Waals surface area contributed by atoms with Gasteiger partial charge in [0.2, 0.25) is 5.91 Å². The van der Waals surface area contributed by atoms with Gasteiger partial charge in [0.25, 0.3) is 6.43 Å². The smallest absolute Gasteiger partial charge is 0.255 e. The van der Waals surface area contributed by atoms with Crippen molar-refractivity contribution in [1.82, 2.24) is 4.90 Å². The van der Waals surface area contributed by atoms with Crippen LogP contribution in [0, 0.1) is 11.3 Å². The zero-order valence-corrected chi connectivity index (χ0v) is 8.84. The molecule has 0 rings (SSSR count). The van der Waals surface area contributed by atoms with Crippen LogP contribution in [-0.4, -0.2) is 53.5 Å². The minimum Gasteiger partial charge on any atom is -0.395 e. The molecule has 15 heavy (non-hydrogen) atoms. The lowest BCUT2D eigenvalue weighted by Gasteiger charge is -2.20. The maximum Gasteiger partial charge on any atom is 0.255 e. The molecule has 0 saturated carbocycles. The van der Waals surface area contributed by atoms with E-state index in [1.54, 1.807) is 0 Å². The highest BCUT2D eigenvalue weighted by molar-refractivity contribution is 8.00. The highest BCUT2D eigenvalue weighted by atomic mass is 32.2. The van der Waals surface area contributed by atoms with Crippen molar-refractivity contribution < 1.29 is 18.7 Å². The van der Waals surface area contributed by atoms with Gasteiger partial charge in [-0.1, -0.05) is 0 Å². The van der Waals surface area contributed by atoms with Gasteiger partial charge in [0.15, 0.2) is 0 Å². The molecule has 0 unspecified atom stereocenters. The largest absolute Gasteiger partial charge is 0.395 e. The highest BCUT2D eigenvalue weighted by Crippen LogP contribution is 2.04. The molecular formula is C8H12F2N2O2S. The number of hydrogen-bond acceptors (Lipinski definition) is 4. The van der Waals surface area contributed by atoms with Crippen LogP contribution in [0.4, 0.5) is 8.78 Å². The molecule has 86 valence electrons. The van der Waals surface area contributed by atoms with Crippen molar-refractivity contribution in [3.8, 4) is 6.07 Å². The Morgan fingerprint density at radius 2 is 2.27 bits per heavy atom. The summed E-state index contributed by atoms with van der Waals surface area (Å²) in [7, 11) is 0. The second kappa shape index (κ2) is 8.44. The number of nitrogens with zero attached hydrogens (tertiary/aromatic N) is 2. The second-order valence-electron chi connectivity index (χ2n) is 2.61. The Morgan fingerprint density at radius 1 is 1.60 bits per heavy atom. The fraction of sp³-hybridized carbons (Fsp3) is 0.750. The number of aliphatic hydroxyl groups is 1. The van der Waals surface area contributed by atoms with Crippen LogP contribution in [0.15, 0.2) is 0 Å². The van der Waals surface area contributed by atoms with Crippen molar-refractivity contribution in [3.05, 3.63) is 0 Å². The van der Waals surface area contributed by atoms with Crippen LogP contribution >= 0.6 is 11.8 Å². The summed E-state index contributed by atoms with van der Waals surface area (Å²) in [5.74, 6) is -0.349. The molecule has 0 aliphatic heterocycles. The molecule has 0 saturated heterocycles. The van der Waals surface area contributed by atoms with E-state index in [2.05, 4.69) is 0 Å². The maximum absolute atomic E-state index is 12.0. The van der Waals surface area contributed by atoms with Gasteiger partial charge in [0.05, 0.1) is 30.7 Å². The van der Waals surface area contributed by atoms with Crippen LogP contribution in [0.2, 0.25) is 0 Å². The Morgan fingerprint density at radius 3 is 2.73 bits per heavy atom. The van der Waals surface area contributed by atoms with Crippen molar-refractivity contribution in [2.75, 3.05) is 31.2 Å². The van der Waals surface area contributed by atoms with Crippen molar-refractivity contribution in [3.63, 3.8) is 0 Å². The third-order valence-electron chi connectivity index (χ3n) is 1.47. The molecular weight excluding hydrogens is 226 g/mol. The molecule has 0 spiro atoms. The van der Waals surface area contributed by atoms with E-state index in [-0.39, 0.29) is 24.7 Å². The Bertz CT molecular complexity index is 233. The molecule has 7 heteroatoms. The lowest BCUT2D eigenvalue weighted by molar-refractivity contribution is -0.130. The van der Waals surface area contributed by atoms with Gasteiger partial charge in [-0.2, -0.15) is 5.26 Å². The predicted molar refractivity (Wildman–Crippen MR) is 52.6 cm³/mol. The number of amides is 1. The summed E-state index contributed by atoms with van der Waals surface area (Å²) in [6, 6.07) is 1.83. The van der Waals surface area contributed by atoms with Gasteiger partial charge in [0.1, 0.15) is 0 Å². The molecule has 1 amide bonds. The van der Waals surface area contributed by atoms with Gasteiger partial charge in [0, 0.05) is 6.54 Å². The van der Waals surface area contributed by atoms with Crippen LogP contribution in [0.5, 0.6) is 0 Å². The number of carbonyl (C=O) groups is 1. The quantitative estimate of drug-likeness (QED) is 0.649. The summed E-state index contributed by atoms with van der Waals surface area (Å²) in [4.78, 5) is 12.2. The number of hydrogen-bond donors (Lipinski definition) is 1. The standard InChI is InChI=1S/C8H12F2N2O2S/c9-7(10)5-12(2-3-13)8(14)6-15-4-1-11/h7,13H,2-6H2. The lowest BCUT2D eigenvalue weighted by Crippen LogP contribution is -2.38. The zero-order chi connectivity index (χ0) is 11.7. The molecule has 0 atom stereocenters. The number of aliphatic hydroxyl groups excluding tert-OH is 1. The van der Waals surface area contributed by atoms with E-state index in [9.17, 15) is 13.6 Å². The Hall–Kier alpha value is -0.870. The van der Waals surface area contributed by atoms with E-state index < -0.39 is 18.9 Å². The molecule has 0 heterocycles. The maximum atomic E-state index is 12.0. The minimum absolute atomic E-state index is 0.0136. The van der Waals surface area contributed by atoms with Crippen molar-refractivity contribution >= 4 is 17.7 Å². The number of carbonyl (C=O) groups excluding carboxylic acids is 1.